The van der Waals surface area contributed by atoms with E-state index in [1.807, 2.05) is 35.0 Å². The normalized spacial score (nSPS) is 18.8. The van der Waals surface area contributed by atoms with Crippen molar-refractivity contribution in [1.82, 2.24) is 20.1 Å². The Hall–Kier alpha value is -3.03. The summed E-state index contributed by atoms with van der Waals surface area (Å²) in [6.07, 6.45) is 9.80. The molecular formula is C22H22ClN5O2. The first-order valence-electron chi connectivity index (χ1n) is 9.91. The van der Waals surface area contributed by atoms with Gasteiger partial charge in [-0.25, -0.2) is 4.68 Å². The third-order valence-electron chi connectivity index (χ3n) is 5.54. The van der Waals surface area contributed by atoms with E-state index in [0.717, 1.165) is 42.0 Å². The number of halogens is 1. The fourth-order valence-corrected chi connectivity index (χ4v) is 4.30. The van der Waals surface area contributed by atoms with Crippen LogP contribution in [0.2, 0.25) is 5.02 Å². The summed E-state index contributed by atoms with van der Waals surface area (Å²) >= 11 is 6.49. The molecule has 0 amide bonds. The quantitative estimate of drug-likeness (QED) is 0.652. The number of rotatable bonds is 5. The van der Waals surface area contributed by atoms with Crippen molar-refractivity contribution in [2.75, 3.05) is 12.5 Å². The number of ether oxygens (including phenoxy) is 2. The number of nitrogens with one attached hydrogen (secondary N) is 1. The summed E-state index contributed by atoms with van der Waals surface area (Å²) in [6, 6.07) is 9.77. The van der Waals surface area contributed by atoms with Gasteiger partial charge in [0.1, 0.15) is 6.26 Å². The highest BCUT2D eigenvalue weighted by molar-refractivity contribution is 6.31. The molecule has 3 heterocycles. The smallest absolute Gasteiger partial charge is 0.229 e. The van der Waals surface area contributed by atoms with E-state index in [2.05, 4.69) is 16.5 Å². The molecular weight excluding hydrogens is 402 g/mol. The summed E-state index contributed by atoms with van der Waals surface area (Å²) in [4.78, 5) is 4.06. The van der Waals surface area contributed by atoms with E-state index in [1.165, 1.54) is 5.56 Å². The molecule has 2 aliphatic rings. The van der Waals surface area contributed by atoms with E-state index in [4.69, 9.17) is 31.9 Å². The Balaban J connectivity index is 1.39. The molecule has 154 valence electrons. The maximum Gasteiger partial charge on any atom is 0.229 e. The number of anilines is 1. The van der Waals surface area contributed by atoms with Gasteiger partial charge in [0.15, 0.2) is 5.76 Å². The summed E-state index contributed by atoms with van der Waals surface area (Å²) in [5.41, 5.74) is 10.8. The monoisotopic (exact) mass is 423 g/mol. The number of fused-ring (bicyclic) bond motifs is 1. The predicted octanol–water partition coefficient (Wildman–Crippen LogP) is 3.54. The third-order valence-corrected chi connectivity index (χ3v) is 5.89. The van der Waals surface area contributed by atoms with Crippen LogP contribution in [0.3, 0.4) is 0 Å². The molecule has 2 aromatic heterocycles. The van der Waals surface area contributed by atoms with Crippen molar-refractivity contribution in [3.05, 3.63) is 82.8 Å². The van der Waals surface area contributed by atoms with Gasteiger partial charge in [0, 0.05) is 23.5 Å². The van der Waals surface area contributed by atoms with Gasteiger partial charge in [0.25, 0.3) is 0 Å². The Kier molecular flexibility index (Phi) is 5.06. The zero-order chi connectivity index (χ0) is 20.5. The van der Waals surface area contributed by atoms with Gasteiger partial charge >= 0.3 is 0 Å². The first kappa shape index (κ1) is 19.0. The summed E-state index contributed by atoms with van der Waals surface area (Å²) in [5, 5.41) is 9.17. The van der Waals surface area contributed by atoms with E-state index < -0.39 is 0 Å². The van der Waals surface area contributed by atoms with Gasteiger partial charge < -0.3 is 20.5 Å². The minimum absolute atomic E-state index is 0.168. The van der Waals surface area contributed by atoms with Crippen LogP contribution in [0.4, 0.5) is 5.69 Å². The second kappa shape index (κ2) is 8.01. The number of hydrogen-bond donors (Lipinski definition) is 2. The first-order chi connectivity index (χ1) is 14.7. The summed E-state index contributed by atoms with van der Waals surface area (Å²) in [6.45, 7) is 0.229. The van der Waals surface area contributed by atoms with Crippen LogP contribution in [-0.4, -0.2) is 27.6 Å². The van der Waals surface area contributed by atoms with Gasteiger partial charge in [-0.2, -0.15) is 5.10 Å². The standard InChI is InChI=1S/C22H22ClN5O2/c23-17-4-2-1-3-16(17)22(21-12-29-13-30-21)26-15-5-6-19-14(9-15)11-28(27-19)20-7-8-25-10-18(20)24/h1-4,7-8,10-12,15,22,26H,5-6,9,13,24H2. The number of benzene rings is 1. The largest absolute Gasteiger partial charge is 0.462 e. The lowest BCUT2D eigenvalue weighted by molar-refractivity contribution is 0.0724. The molecule has 2 atom stereocenters. The number of aryl methyl sites for hydroxylation is 1. The van der Waals surface area contributed by atoms with Crippen LogP contribution in [0.5, 0.6) is 0 Å². The van der Waals surface area contributed by atoms with Crippen molar-refractivity contribution < 1.29 is 9.47 Å². The van der Waals surface area contributed by atoms with Crippen molar-refractivity contribution in [1.29, 1.82) is 0 Å². The zero-order valence-electron chi connectivity index (χ0n) is 16.3. The maximum atomic E-state index is 6.49. The minimum atomic E-state index is -0.168. The topological polar surface area (TPSA) is 87.2 Å². The molecule has 2 unspecified atom stereocenters. The highest BCUT2D eigenvalue weighted by Crippen LogP contribution is 2.33. The third kappa shape index (κ3) is 3.62. The number of nitrogens with zero attached hydrogens (tertiary/aromatic N) is 3. The lowest BCUT2D eigenvalue weighted by Gasteiger charge is -2.28. The number of pyridine rings is 1. The van der Waals surface area contributed by atoms with Crippen LogP contribution < -0.4 is 11.1 Å². The van der Waals surface area contributed by atoms with Crippen LogP contribution in [0.25, 0.3) is 5.69 Å². The molecule has 0 fully saturated rings. The minimum Gasteiger partial charge on any atom is -0.462 e. The second-order valence-corrected chi connectivity index (χ2v) is 7.90. The van der Waals surface area contributed by atoms with Crippen molar-refractivity contribution in [2.24, 2.45) is 0 Å². The Morgan fingerprint density at radius 1 is 1.27 bits per heavy atom. The number of nitrogen functional groups attached to an aromatic ring is 1. The fourth-order valence-electron chi connectivity index (χ4n) is 4.05. The van der Waals surface area contributed by atoms with Gasteiger partial charge in [0.05, 0.1) is 29.3 Å². The molecule has 0 saturated heterocycles. The van der Waals surface area contributed by atoms with Gasteiger partial charge in [-0.15, -0.1) is 0 Å². The van der Waals surface area contributed by atoms with E-state index in [1.54, 1.807) is 18.7 Å². The van der Waals surface area contributed by atoms with E-state index in [0.29, 0.717) is 10.7 Å². The SMILES string of the molecule is Nc1cnccc1-n1cc2c(n1)CCC(NC(C1=COCO1)c1ccccc1Cl)C2. The molecule has 1 aliphatic heterocycles. The van der Waals surface area contributed by atoms with E-state index in [9.17, 15) is 0 Å². The molecule has 3 aromatic rings. The molecule has 8 heteroatoms. The maximum absolute atomic E-state index is 6.49. The number of aromatic nitrogens is 3. The molecule has 0 spiro atoms. The van der Waals surface area contributed by atoms with Crippen molar-refractivity contribution in [3.63, 3.8) is 0 Å². The highest BCUT2D eigenvalue weighted by atomic mass is 35.5. The lowest BCUT2D eigenvalue weighted by atomic mass is 9.92. The number of hydrogen-bond acceptors (Lipinski definition) is 6. The van der Waals surface area contributed by atoms with Crippen molar-refractivity contribution in [3.8, 4) is 5.69 Å². The molecule has 7 nitrogen and oxygen atoms in total. The molecule has 1 aromatic carbocycles. The molecule has 0 saturated carbocycles. The van der Waals surface area contributed by atoms with Gasteiger partial charge in [-0.3, -0.25) is 4.98 Å². The second-order valence-electron chi connectivity index (χ2n) is 7.49. The van der Waals surface area contributed by atoms with E-state index >= 15 is 0 Å². The first-order valence-corrected chi connectivity index (χ1v) is 10.3. The average molecular weight is 424 g/mol. The van der Waals surface area contributed by atoms with Crippen LogP contribution in [0, 0.1) is 0 Å². The van der Waals surface area contributed by atoms with Crippen LogP contribution in [-0.2, 0) is 22.3 Å². The van der Waals surface area contributed by atoms with Gasteiger partial charge in [-0.05, 0) is 42.5 Å². The summed E-state index contributed by atoms with van der Waals surface area (Å²) in [7, 11) is 0. The molecule has 0 bridgehead atoms. The lowest BCUT2D eigenvalue weighted by Crippen LogP contribution is -2.38. The zero-order valence-corrected chi connectivity index (χ0v) is 17.0. The van der Waals surface area contributed by atoms with Crippen molar-refractivity contribution >= 4 is 17.3 Å². The Morgan fingerprint density at radius 2 is 2.17 bits per heavy atom. The number of nitrogens with two attached hydrogens (primary N) is 1. The molecule has 3 N–H and O–H groups in total. The molecule has 1 aliphatic carbocycles. The molecule has 30 heavy (non-hydrogen) atoms. The van der Waals surface area contributed by atoms with Gasteiger partial charge in [0.2, 0.25) is 6.79 Å². The Bertz CT molecular complexity index is 1100. The summed E-state index contributed by atoms with van der Waals surface area (Å²) in [5.74, 6) is 0.745. The van der Waals surface area contributed by atoms with Crippen molar-refractivity contribution in [2.45, 2.75) is 31.3 Å². The predicted molar refractivity (Wildman–Crippen MR) is 114 cm³/mol. The summed E-state index contributed by atoms with van der Waals surface area (Å²) < 4.78 is 12.9. The molecule has 0 radical (unpaired) electrons. The Morgan fingerprint density at radius 3 is 2.97 bits per heavy atom. The van der Waals surface area contributed by atoms with E-state index in [-0.39, 0.29) is 18.9 Å². The van der Waals surface area contributed by atoms with Crippen LogP contribution in [0.15, 0.2) is 60.9 Å². The average Bonchev–Trinajstić information content (AvgIpc) is 3.43. The van der Waals surface area contributed by atoms with Crippen LogP contribution in [0.1, 0.15) is 29.3 Å². The van der Waals surface area contributed by atoms with Crippen LogP contribution >= 0.6 is 11.6 Å². The Labute approximate surface area is 179 Å². The van der Waals surface area contributed by atoms with Gasteiger partial charge in [-0.1, -0.05) is 29.8 Å². The highest BCUT2D eigenvalue weighted by Gasteiger charge is 2.29. The molecule has 5 rings (SSSR count). The fraction of sp³-hybridized carbons (Fsp3) is 0.273.